The highest BCUT2D eigenvalue weighted by Gasteiger charge is 2.55. The smallest absolute Gasteiger partial charge is 0.280 e. The summed E-state index contributed by atoms with van der Waals surface area (Å²) in [6.07, 6.45) is 8.25. The molecule has 7 rings (SSSR count). The van der Waals surface area contributed by atoms with E-state index in [-0.39, 0.29) is 18.0 Å². The molecule has 2 aliphatic carbocycles. The lowest BCUT2D eigenvalue weighted by Gasteiger charge is -2.05. The lowest BCUT2D eigenvalue weighted by Crippen LogP contribution is -2.22. The molecule has 0 bridgehead atoms. The zero-order valence-electron chi connectivity index (χ0n) is 17.1. The molecule has 0 spiro atoms. The summed E-state index contributed by atoms with van der Waals surface area (Å²) in [5.74, 6) is 2.35. The molecule has 2 aliphatic rings. The Bertz CT molecular complexity index is 1600. The monoisotopic (exact) mass is 426 g/mol. The average molecular weight is 426 g/mol. The maximum Gasteiger partial charge on any atom is 0.280 e. The van der Waals surface area contributed by atoms with Crippen LogP contribution in [0.2, 0.25) is 0 Å². The molecular formula is C22H18N8O2. The largest absolute Gasteiger partial charge is 0.337 e. The van der Waals surface area contributed by atoms with E-state index in [1.165, 1.54) is 22.0 Å². The summed E-state index contributed by atoms with van der Waals surface area (Å²) in [4.78, 5) is 25.7. The van der Waals surface area contributed by atoms with E-state index in [1.807, 2.05) is 6.20 Å². The molecule has 0 aliphatic heterocycles. The van der Waals surface area contributed by atoms with Gasteiger partial charge in [0.1, 0.15) is 12.9 Å². The summed E-state index contributed by atoms with van der Waals surface area (Å²) in [7, 11) is 1.77. The second-order valence-electron chi connectivity index (χ2n) is 8.59. The third-order valence-electron chi connectivity index (χ3n) is 6.68. The fourth-order valence-corrected chi connectivity index (χ4v) is 4.96. The van der Waals surface area contributed by atoms with Gasteiger partial charge >= 0.3 is 0 Å². The standard InChI is InChI=1S/C22H18N8O2/c1-29-9-23-21-19(29)22(31)30(10-24-21)8-17-26-20(28-32-17)18-14-5-12(6-15(14)18)11-2-3-16-13(4-11)7-25-27-16/h2-5,7,9-10,14-15,18H,6,8H2,1H3,(H,25,27)/t14-,15+,18+/m1/s1. The molecule has 1 fully saturated rings. The molecule has 3 atom stereocenters. The van der Waals surface area contributed by atoms with Gasteiger partial charge in [0.25, 0.3) is 5.56 Å². The maximum atomic E-state index is 12.7. The number of allylic oxidation sites excluding steroid dienone is 2. The third-order valence-corrected chi connectivity index (χ3v) is 6.68. The molecule has 0 saturated heterocycles. The number of rotatable bonds is 4. The normalized spacial score (nSPS) is 21.9. The van der Waals surface area contributed by atoms with E-state index in [1.54, 1.807) is 17.9 Å². The molecule has 0 amide bonds. The van der Waals surface area contributed by atoms with Crippen LogP contribution in [0.1, 0.15) is 29.6 Å². The van der Waals surface area contributed by atoms with Crippen LogP contribution in [-0.4, -0.2) is 39.4 Å². The molecule has 32 heavy (non-hydrogen) atoms. The van der Waals surface area contributed by atoms with E-state index >= 15 is 0 Å². The summed E-state index contributed by atoms with van der Waals surface area (Å²) >= 11 is 0. The number of nitrogens with zero attached hydrogens (tertiary/aromatic N) is 7. The van der Waals surface area contributed by atoms with Crippen LogP contribution >= 0.6 is 0 Å². The van der Waals surface area contributed by atoms with Crippen LogP contribution in [0.15, 0.2) is 52.4 Å². The van der Waals surface area contributed by atoms with Crippen LogP contribution in [0.25, 0.3) is 27.6 Å². The van der Waals surface area contributed by atoms with E-state index < -0.39 is 0 Å². The van der Waals surface area contributed by atoms with Crippen molar-refractivity contribution in [2.24, 2.45) is 18.9 Å². The first-order valence-electron chi connectivity index (χ1n) is 10.5. The quantitative estimate of drug-likeness (QED) is 0.468. The van der Waals surface area contributed by atoms with Gasteiger partial charge in [-0.15, -0.1) is 0 Å². The first-order chi connectivity index (χ1) is 15.7. The third kappa shape index (κ3) is 2.52. The van der Waals surface area contributed by atoms with E-state index in [9.17, 15) is 4.79 Å². The number of aromatic nitrogens is 8. The summed E-state index contributed by atoms with van der Waals surface area (Å²) in [6.45, 7) is 0.188. The highest BCUT2D eigenvalue weighted by molar-refractivity contribution is 5.84. The summed E-state index contributed by atoms with van der Waals surface area (Å²) in [5, 5.41) is 12.4. The van der Waals surface area contributed by atoms with Gasteiger partial charge in [-0.2, -0.15) is 10.1 Å². The molecule has 5 aromatic rings. The topological polar surface area (TPSA) is 120 Å². The molecule has 1 aromatic carbocycles. The number of hydrogen-bond donors (Lipinski definition) is 1. The number of hydrogen-bond acceptors (Lipinski definition) is 7. The minimum Gasteiger partial charge on any atom is -0.337 e. The zero-order valence-corrected chi connectivity index (χ0v) is 17.1. The van der Waals surface area contributed by atoms with Crippen molar-refractivity contribution in [2.75, 3.05) is 0 Å². The maximum absolute atomic E-state index is 12.7. The van der Waals surface area contributed by atoms with Crippen LogP contribution in [-0.2, 0) is 13.6 Å². The first kappa shape index (κ1) is 17.6. The van der Waals surface area contributed by atoms with Crippen LogP contribution < -0.4 is 5.56 Å². The van der Waals surface area contributed by atoms with Gasteiger partial charge in [0, 0.05) is 18.4 Å². The van der Waals surface area contributed by atoms with Gasteiger partial charge in [-0.1, -0.05) is 17.3 Å². The SMILES string of the molecule is Cn1cnc2ncn(Cc3nc([C@H]4[C@@H]5C=C(c6ccc7[nH]ncc7c6)C[C@@H]54)no3)c(=O)c21. The zero-order chi connectivity index (χ0) is 21.4. The van der Waals surface area contributed by atoms with Crippen LogP contribution in [0.3, 0.4) is 0 Å². The summed E-state index contributed by atoms with van der Waals surface area (Å²) < 4.78 is 8.60. The second-order valence-corrected chi connectivity index (χ2v) is 8.59. The van der Waals surface area contributed by atoms with Crippen molar-refractivity contribution in [3.05, 3.63) is 70.8 Å². The Balaban J connectivity index is 1.11. The van der Waals surface area contributed by atoms with Gasteiger partial charge < -0.3 is 9.09 Å². The number of imidazole rings is 1. The lowest BCUT2D eigenvalue weighted by molar-refractivity contribution is 0.364. The molecule has 158 valence electrons. The number of aromatic amines is 1. The Morgan fingerprint density at radius 1 is 1.25 bits per heavy atom. The van der Waals surface area contributed by atoms with E-state index in [4.69, 9.17) is 4.52 Å². The second kappa shape index (κ2) is 6.22. The summed E-state index contributed by atoms with van der Waals surface area (Å²) in [6, 6.07) is 6.40. The number of H-pyrrole nitrogens is 1. The summed E-state index contributed by atoms with van der Waals surface area (Å²) in [5.41, 5.74) is 4.36. The van der Waals surface area contributed by atoms with Gasteiger partial charge in [0.05, 0.1) is 18.0 Å². The first-order valence-corrected chi connectivity index (χ1v) is 10.5. The van der Waals surface area contributed by atoms with Gasteiger partial charge in [0.15, 0.2) is 17.0 Å². The van der Waals surface area contributed by atoms with Crippen molar-refractivity contribution in [1.29, 1.82) is 0 Å². The van der Waals surface area contributed by atoms with Crippen molar-refractivity contribution in [2.45, 2.75) is 18.9 Å². The predicted octanol–water partition coefficient (Wildman–Crippen LogP) is 2.25. The fraction of sp³-hybridized carbons (Fsp3) is 0.273. The molecule has 0 unspecified atom stereocenters. The molecule has 4 aromatic heterocycles. The molecule has 10 heteroatoms. The molecule has 10 nitrogen and oxygen atoms in total. The predicted molar refractivity (Wildman–Crippen MR) is 115 cm³/mol. The molecule has 0 radical (unpaired) electrons. The Morgan fingerprint density at radius 2 is 2.16 bits per heavy atom. The number of benzene rings is 1. The van der Waals surface area contributed by atoms with Crippen LogP contribution in [0, 0.1) is 11.8 Å². The van der Waals surface area contributed by atoms with Crippen molar-refractivity contribution in [3.8, 4) is 0 Å². The number of nitrogens with one attached hydrogen (secondary N) is 1. The van der Waals surface area contributed by atoms with E-state index in [0.29, 0.717) is 28.9 Å². The Hall–Kier alpha value is -4.08. The molecule has 1 saturated carbocycles. The van der Waals surface area contributed by atoms with Crippen LogP contribution in [0.4, 0.5) is 0 Å². The number of aryl methyl sites for hydroxylation is 1. The fourth-order valence-electron chi connectivity index (χ4n) is 4.96. The van der Waals surface area contributed by atoms with Crippen molar-refractivity contribution < 1.29 is 4.52 Å². The minimum atomic E-state index is -0.180. The molecular weight excluding hydrogens is 408 g/mol. The highest BCUT2D eigenvalue weighted by atomic mass is 16.5. The van der Waals surface area contributed by atoms with Gasteiger partial charge in [-0.25, -0.2) is 9.97 Å². The Labute approximate surface area is 180 Å². The van der Waals surface area contributed by atoms with Gasteiger partial charge in [-0.3, -0.25) is 14.5 Å². The van der Waals surface area contributed by atoms with E-state index in [2.05, 4.69) is 54.6 Å². The van der Waals surface area contributed by atoms with Gasteiger partial charge in [0.2, 0.25) is 5.89 Å². The van der Waals surface area contributed by atoms with Gasteiger partial charge in [-0.05, 0) is 41.5 Å². The van der Waals surface area contributed by atoms with Crippen molar-refractivity contribution in [1.82, 2.24) is 39.4 Å². The highest BCUT2D eigenvalue weighted by Crippen LogP contribution is 2.62. The Kier molecular flexibility index (Phi) is 3.42. The van der Waals surface area contributed by atoms with E-state index in [0.717, 1.165) is 23.1 Å². The average Bonchev–Trinajstić information content (AvgIpc) is 3.38. The molecule has 4 heterocycles. The van der Waals surface area contributed by atoms with Crippen molar-refractivity contribution in [3.63, 3.8) is 0 Å². The number of fused-ring (bicyclic) bond motifs is 3. The van der Waals surface area contributed by atoms with Crippen LogP contribution in [0.5, 0.6) is 0 Å². The molecule has 1 N–H and O–H groups in total. The van der Waals surface area contributed by atoms with Crippen molar-refractivity contribution >= 4 is 27.6 Å². The lowest BCUT2D eigenvalue weighted by atomic mass is 10.00. The minimum absolute atomic E-state index is 0.180. The Morgan fingerprint density at radius 3 is 3.03 bits per heavy atom.